The normalized spacial score (nSPS) is 25.0. The van der Waals surface area contributed by atoms with E-state index in [9.17, 15) is 19.2 Å². The molecule has 4 amide bonds. The lowest BCUT2D eigenvalue weighted by Crippen LogP contribution is -2.64. The Hall–Kier alpha value is -1.61. The van der Waals surface area contributed by atoms with E-state index in [-0.39, 0.29) is 41.3 Å². The standard InChI is InChI=1S/C17H28N4O4S/c1-10(12(8-18)17(25)21-7-6-15(21)23)19-16(24)11-4-2-3-5-13(11)20-14(22)9-26/h10-13,26H,2-9,18H2,1H3,(H,19,24)(H,20,22)/p+1. The smallest absolute Gasteiger partial charge is 0.240 e. The van der Waals surface area contributed by atoms with E-state index in [0.717, 1.165) is 19.3 Å². The van der Waals surface area contributed by atoms with Crippen LogP contribution in [0.2, 0.25) is 0 Å². The van der Waals surface area contributed by atoms with Crippen molar-refractivity contribution in [3.8, 4) is 0 Å². The topological polar surface area (TPSA) is 123 Å². The molecule has 146 valence electrons. The Morgan fingerprint density at radius 2 is 2.00 bits per heavy atom. The average Bonchev–Trinajstić information content (AvgIpc) is 2.61. The van der Waals surface area contributed by atoms with Gasteiger partial charge >= 0.3 is 0 Å². The number of hydrogen-bond donors (Lipinski definition) is 4. The number of nitrogens with one attached hydrogen (secondary N) is 2. The van der Waals surface area contributed by atoms with Gasteiger partial charge in [-0.3, -0.25) is 24.1 Å². The molecule has 4 atom stereocenters. The third-order valence-electron chi connectivity index (χ3n) is 5.31. The van der Waals surface area contributed by atoms with Gasteiger partial charge in [-0.05, 0) is 19.8 Å². The van der Waals surface area contributed by atoms with E-state index in [0.29, 0.717) is 25.9 Å². The molecule has 9 heteroatoms. The second-order valence-corrected chi connectivity index (χ2v) is 7.37. The van der Waals surface area contributed by atoms with Crippen molar-refractivity contribution in [3.05, 3.63) is 0 Å². The number of carbonyl (C=O) groups excluding carboxylic acids is 4. The van der Waals surface area contributed by atoms with Gasteiger partial charge in [0.1, 0.15) is 5.92 Å². The molecule has 4 unspecified atom stereocenters. The monoisotopic (exact) mass is 385 g/mol. The van der Waals surface area contributed by atoms with Crippen LogP contribution in [0.1, 0.15) is 39.0 Å². The van der Waals surface area contributed by atoms with Crippen molar-refractivity contribution in [3.63, 3.8) is 0 Å². The number of nitrogens with zero attached hydrogens (tertiary/aromatic N) is 1. The van der Waals surface area contributed by atoms with E-state index in [4.69, 9.17) is 0 Å². The molecule has 1 aliphatic carbocycles. The molecule has 2 rings (SSSR count). The molecule has 0 aromatic carbocycles. The SMILES string of the molecule is CC(NC(=O)C1CCCCC1NC(=O)CS)C(C[NH3+])C(=O)N1CCC1=O. The molecule has 0 spiro atoms. The summed E-state index contributed by atoms with van der Waals surface area (Å²) in [6.07, 6.45) is 3.74. The molecule has 2 fully saturated rings. The number of quaternary nitrogens is 1. The Morgan fingerprint density at radius 1 is 1.31 bits per heavy atom. The second kappa shape index (κ2) is 9.36. The molecule has 0 aromatic heterocycles. The van der Waals surface area contributed by atoms with Gasteiger partial charge in [-0.2, -0.15) is 12.6 Å². The predicted molar refractivity (Wildman–Crippen MR) is 97.9 cm³/mol. The van der Waals surface area contributed by atoms with Crippen molar-refractivity contribution >= 4 is 36.3 Å². The van der Waals surface area contributed by atoms with Crippen LogP contribution in [0.4, 0.5) is 0 Å². The van der Waals surface area contributed by atoms with Crippen molar-refractivity contribution in [1.82, 2.24) is 15.5 Å². The third kappa shape index (κ3) is 4.76. The van der Waals surface area contributed by atoms with Crippen LogP contribution in [0.15, 0.2) is 0 Å². The molecular weight excluding hydrogens is 356 g/mol. The summed E-state index contributed by atoms with van der Waals surface area (Å²) < 4.78 is 0. The second-order valence-electron chi connectivity index (χ2n) is 7.05. The number of likely N-dealkylation sites (tertiary alicyclic amines) is 1. The van der Waals surface area contributed by atoms with Gasteiger partial charge < -0.3 is 16.4 Å². The fraction of sp³-hybridized carbons (Fsp3) is 0.765. The van der Waals surface area contributed by atoms with E-state index in [1.54, 1.807) is 6.92 Å². The zero-order chi connectivity index (χ0) is 19.3. The maximum atomic E-state index is 12.8. The number of hydrogen-bond acceptors (Lipinski definition) is 5. The van der Waals surface area contributed by atoms with Gasteiger partial charge in [0, 0.05) is 25.0 Å². The lowest BCUT2D eigenvalue weighted by atomic mass is 9.83. The molecule has 0 radical (unpaired) electrons. The fourth-order valence-electron chi connectivity index (χ4n) is 3.64. The molecule has 26 heavy (non-hydrogen) atoms. The van der Waals surface area contributed by atoms with Crippen LogP contribution < -0.4 is 16.4 Å². The van der Waals surface area contributed by atoms with E-state index < -0.39 is 12.0 Å². The molecule has 0 bridgehead atoms. The highest BCUT2D eigenvalue weighted by Gasteiger charge is 2.39. The lowest BCUT2D eigenvalue weighted by molar-refractivity contribution is -0.377. The number of imide groups is 1. The van der Waals surface area contributed by atoms with E-state index in [2.05, 4.69) is 29.0 Å². The van der Waals surface area contributed by atoms with Gasteiger partial charge in [-0.25, -0.2) is 0 Å². The molecule has 5 N–H and O–H groups in total. The van der Waals surface area contributed by atoms with Crippen LogP contribution in [-0.4, -0.2) is 59.5 Å². The number of amides is 4. The number of rotatable bonds is 7. The number of carbonyl (C=O) groups is 4. The quantitative estimate of drug-likeness (QED) is 0.322. The Balaban J connectivity index is 1.97. The Bertz CT molecular complexity index is 571. The molecule has 1 saturated heterocycles. The summed E-state index contributed by atoms with van der Waals surface area (Å²) in [6, 6.07) is -0.634. The fourth-order valence-corrected chi connectivity index (χ4v) is 3.73. The zero-order valence-corrected chi connectivity index (χ0v) is 16.1. The Labute approximate surface area is 159 Å². The van der Waals surface area contributed by atoms with Crippen LogP contribution in [0, 0.1) is 11.8 Å². The predicted octanol–water partition coefficient (Wildman–Crippen LogP) is -1.29. The third-order valence-corrected chi connectivity index (χ3v) is 5.60. The van der Waals surface area contributed by atoms with Gasteiger partial charge in [-0.15, -0.1) is 0 Å². The highest BCUT2D eigenvalue weighted by molar-refractivity contribution is 7.81. The first-order chi connectivity index (χ1) is 12.4. The van der Waals surface area contributed by atoms with E-state index in [1.807, 2.05) is 0 Å². The summed E-state index contributed by atoms with van der Waals surface area (Å²) in [5, 5.41) is 5.79. The molecule has 2 aliphatic rings. The van der Waals surface area contributed by atoms with Crippen molar-refractivity contribution in [1.29, 1.82) is 0 Å². The van der Waals surface area contributed by atoms with Crippen LogP contribution in [0.5, 0.6) is 0 Å². The summed E-state index contributed by atoms with van der Waals surface area (Å²) in [5.74, 6) is -1.56. The van der Waals surface area contributed by atoms with Crippen molar-refractivity contribution in [2.45, 2.75) is 51.1 Å². The molecule has 1 aliphatic heterocycles. The number of β-lactam (4-membered cyclic amide) rings is 1. The van der Waals surface area contributed by atoms with Crippen LogP contribution in [-0.2, 0) is 19.2 Å². The first-order valence-corrected chi connectivity index (χ1v) is 9.86. The van der Waals surface area contributed by atoms with E-state index >= 15 is 0 Å². The van der Waals surface area contributed by atoms with Crippen molar-refractivity contribution in [2.24, 2.45) is 11.8 Å². The molecule has 8 nitrogen and oxygen atoms in total. The first-order valence-electron chi connectivity index (χ1n) is 9.23. The van der Waals surface area contributed by atoms with Gasteiger partial charge in [-0.1, -0.05) is 12.8 Å². The summed E-state index contributed by atoms with van der Waals surface area (Å²) >= 11 is 3.97. The summed E-state index contributed by atoms with van der Waals surface area (Å²) in [7, 11) is 0. The largest absolute Gasteiger partial charge is 0.357 e. The van der Waals surface area contributed by atoms with E-state index in [1.165, 1.54) is 4.90 Å². The maximum Gasteiger partial charge on any atom is 0.240 e. The maximum absolute atomic E-state index is 12.8. The Kier molecular flexibility index (Phi) is 7.45. The molecule has 0 aromatic rings. The van der Waals surface area contributed by atoms with Crippen LogP contribution in [0.25, 0.3) is 0 Å². The highest BCUT2D eigenvalue weighted by Crippen LogP contribution is 2.25. The highest BCUT2D eigenvalue weighted by atomic mass is 32.1. The molecular formula is C17H29N4O4S+. The summed E-state index contributed by atoms with van der Waals surface area (Å²) in [4.78, 5) is 49.6. The molecule has 1 heterocycles. The van der Waals surface area contributed by atoms with Crippen molar-refractivity contribution in [2.75, 3.05) is 18.8 Å². The Morgan fingerprint density at radius 3 is 2.54 bits per heavy atom. The van der Waals surface area contributed by atoms with Gasteiger partial charge in [0.05, 0.1) is 18.2 Å². The van der Waals surface area contributed by atoms with Gasteiger partial charge in [0.2, 0.25) is 23.6 Å². The number of thiol groups is 1. The minimum Gasteiger partial charge on any atom is -0.357 e. The van der Waals surface area contributed by atoms with Gasteiger partial charge in [0.15, 0.2) is 0 Å². The van der Waals surface area contributed by atoms with Crippen LogP contribution >= 0.6 is 12.6 Å². The minimum atomic E-state index is -0.530. The summed E-state index contributed by atoms with van der Waals surface area (Å²) in [5.41, 5.74) is 3.80. The minimum absolute atomic E-state index is 0.0865. The summed E-state index contributed by atoms with van der Waals surface area (Å²) in [6.45, 7) is 2.50. The zero-order valence-electron chi connectivity index (χ0n) is 15.2. The van der Waals surface area contributed by atoms with Crippen LogP contribution in [0.3, 0.4) is 0 Å². The van der Waals surface area contributed by atoms with Crippen molar-refractivity contribution < 1.29 is 24.9 Å². The van der Waals surface area contributed by atoms with Gasteiger partial charge in [0.25, 0.3) is 0 Å². The average molecular weight is 386 g/mol. The first kappa shape index (κ1) is 20.7. The molecule has 1 saturated carbocycles. The lowest BCUT2D eigenvalue weighted by Gasteiger charge is -2.35.